The van der Waals surface area contributed by atoms with E-state index in [1.807, 2.05) is 18.2 Å². The van der Waals surface area contributed by atoms with Crippen LogP contribution in [-0.2, 0) is 0 Å². The summed E-state index contributed by atoms with van der Waals surface area (Å²) in [6, 6.07) is 5.90. The number of halogens is 1. The molecule has 0 atom stereocenters. The third kappa shape index (κ3) is 2.44. The van der Waals surface area contributed by atoms with E-state index in [-0.39, 0.29) is 5.91 Å². The van der Waals surface area contributed by atoms with E-state index in [2.05, 4.69) is 28.2 Å². The summed E-state index contributed by atoms with van der Waals surface area (Å²) in [6.07, 6.45) is 3.57. The molecule has 1 heterocycles. The average molecular weight is 353 g/mol. The summed E-state index contributed by atoms with van der Waals surface area (Å²) in [5.74, 6) is -0.0421. The van der Waals surface area contributed by atoms with Crippen LogP contribution in [0.15, 0.2) is 22.7 Å². The van der Waals surface area contributed by atoms with Crippen LogP contribution in [0, 0.1) is 5.41 Å². The van der Waals surface area contributed by atoms with Gasteiger partial charge in [0.25, 0.3) is 5.91 Å². The summed E-state index contributed by atoms with van der Waals surface area (Å²) in [6.45, 7) is 2.95. The second kappa shape index (κ2) is 5.04. The highest BCUT2D eigenvalue weighted by molar-refractivity contribution is 9.10. The van der Waals surface area contributed by atoms with Crippen molar-refractivity contribution in [3.8, 4) is 0 Å². The van der Waals surface area contributed by atoms with Crippen LogP contribution in [0.4, 0.5) is 5.69 Å². The van der Waals surface area contributed by atoms with Crippen molar-refractivity contribution in [1.82, 2.24) is 5.32 Å². The fraction of sp³-hybridized carbons (Fsp3) is 0.400. The van der Waals surface area contributed by atoms with Crippen LogP contribution in [0.1, 0.15) is 35.9 Å². The van der Waals surface area contributed by atoms with Crippen molar-refractivity contribution in [2.75, 3.05) is 12.3 Å². The molecular formula is C15H17BrN2OS. The van der Waals surface area contributed by atoms with E-state index < -0.39 is 0 Å². The predicted octanol–water partition coefficient (Wildman–Crippen LogP) is 4.17. The Morgan fingerprint density at radius 1 is 1.50 bits per heavy atom. The van der Waals surface area contributed by atoms with Crippen molar-refractivity contribution in [2.45, 2.75) is 26.2 Å². The monoisotopic (exact) mass is 352 g/mol. The maximum atomic E-state index is 12.3. The SMILES string of the molecule is CCC1(CNC(=O)c2sc3cc(Br)ccc3c2N)CC1. The van der Waals surface area contributed by atoms with Crippen molar-refractivity contribution >= 4 is 48.9 Å². The van der Waals surface area contributed by atoms with Gasteiger partial charge in [-0.1, -0.05) is 28.9 Å². The van der Waals surface area contributed by atoms with Gasteiger partial charge in [0.1, 0.15) is 4.88 Å². The Bertz CT molecular complexity index is 676. The third-order valence-electron chi connectivity index (χ3n) is 4.23. The zero-order valence-corrected chi connectivity index (χ0v) is 13.7. The number of hydrogen-bond donors (Lipinski definition) is 2. The number of nitrogens with one attached hydrogen (secondary N) is 1. The maximum absolute atomic E-state index is 12.3. The highest BCUT2D eigenvalue weighted by Gasteiger charge is 2.40. The van der Waals surface area contributed by atoms with Crippen molar-refractivity contribution in [1.29, 1.82) is 0 Å². The topological polar surface area (TPSA) is 55.1 Å². The van der Waals surface area contributed by atoms with Crippen LogP contribution >= 0.6 is 27.3 Å². The molecule has 0 bridgehead atoms. The molecule has 2 aromatic rings. The number of anilines is 1. The molecule has 1 fully saturated rings. The fourth-order valence-corrected chi connectivity index (χ4v) is 4.03. The lowest BCUT2D eigenvalue weighted by Crippen LogP contribution is -2.29. The minimum Gasteiger partial charge on any atom is -0.397 e. The van der Waals surface area contributed by atoms with Gasteiger partial charge in [-0.15, -0.1) is 11.3 Å². The van der Waals surface area contributed by atoms with E-state index in [0.29, 0.717) is 16.0 Å². The lowest BCUT2D eigenvalue weighted by Gasteiger charge is -2.12. The first-order chi connectivity index (χ1) is 9.54. The molecule has 106 valence electrons. The molecule has 0 aliphatic heterocycles. The highest BCUT2D eigenvalue weighted by atomic mass is 79.9. The fourth-order valence-electron chi connectivity index (χ4n) is 2.44. The van der Waals surface area contributed by atoms with Crippen LogP contribution < -0.4 is 11.1 Å². The van der Waals surface area contributed by atoms with Gasteiger partial charge in [-0.3, -0.25) is 4.79 Å². The van der Waals surface area contributed by atoms with Crippen LogP contribution in [0.3, 0.4) is 0 Å². The summed E-state index contributed by atoms with van der Waals surface area (Å²) in [5, 5.41) is 4.01. The molecular weight excluding hydrogens is 336 g/mol. The van der Waals surface area contributed by atoms with Gasteiger partial charge in [0.2, 0.25) is 0 Å². The van der Waals surface area contributed by atoms with Gasteiger partial charge < -0.3 is 11.1 Å². The smallest absolute Gasteiger partial charge is 0.263 e. The van der Waals surface area contributed by atoms with Crippen molar-refractivity contribution in [3.63, 3.8) is 0 Å². The van der Waals surface area contributed by atoms with Gasteiger partial charge in [0, 0.05) is 21.1 Å². The van der Waals surface area contributed by atoms with Crippen molar-refractivity contribution in [3.05, 3.63) is 27.5 Å². The number of carbonyl (C=O) groups excluding carboxylic acids is 1. The van der Waals surface area contributed by atoms with Gasteiger partial charge in [-0.25, -0.2) is 0 Å². The average Bonchev–Trinajstić information content (AvgIpc) is 3.15. The number of thiophene rings is 1. The van der Waals surface area contributed by atoms with Crippen molar-refractivity contribution < 1.29 is 4.79 Å². The Morgan fingerprint density at radius 2 is 2.25 bits per heavy atom. The molecule has 1 aromatic heterocycles. The molecule has 1 aromatic carbocycles. The largest absolute Gasteiger partial charge is 0.397 e. The number of nitrogen functional groups attached to an aromatic ring is 1. The molecule has 3 nitrogen and oxygen atoms in total. The predicted molar refractivity (Wildman–Crippen MR) is 88.2 cm³/mol. The molecule has 0 spiro atoms. The Kier molecular flexibility index (Phi) is 3.50. The number of carbonyl (C=O) groups is 1. The summed E-state index contributed by atoms with van der Waals surface area (Å²) in [4.78, 5) is 12.9. The highest BCUT2D eigenvalue weighted by Crippen LogP contribution is 2.48. The maximum Gasteiger partial charge on any atom is 0.263 e. The van der Waals surface area contributed by atoms with Crippen LogP contribution in [0.5, 0.6) is 0 Å². The minimum absolute atomic E-state index is 0.0421. The summed E-state index contributed by atoms with van der Waals surface area (Å²) >= 11 is 4.90. The Morgan fingerprint density at radius 3 is 2.90 bits per heavy atom. The Balaban J connectivity index is 1.82. The van der Waals surface area contributed by atoms with E-state index in [1.165, 1.54) is 24.2 Å². The number of rotatable bonds is 4. The molecule has 0 saturated heterocycles. The molecule has 1 saturated carbocycles. The number of fused-ring (bicyclic) bond motifs is 1. The van der Waals surface area contributed by atoms with Crippen LogP contribution in [0.2, 0.25) is 0 Å². The molecule has 1 amide bonds. The lowest BCUT2D eigenvalue weighted by molar-refractivity contribution is 0.0949. The van der Waals surface area contributed by atoms with Crippen molar-refractivity contribution in [2.24, 2.45) is 5.41 Å². The normalized spacial score (nSPS) is 16.3. The third-order valence-corrected chi connectivity index (χ3v) is 5.89. The number of amides is 1. The Hall–Kier alpha value is -1.07. The second-order valence-corrected chi connectivity index (χ2v) is 7.49. The quantitative estimate of drug-likeness (QED) is 0.867. The van der Waals surface area contributed by atoms with E-state index in [4.69, 9.17) is 5.73 Å². The molecule has 1 aliphatic rings. The summed E-state index contributed by atoms with van der Waals surface area (Å²) < 4.78 is 2.04. The Labute approximate surface area is 130 Å². The van der Waals surface area contributed by atoms with E-state index in [9.17, 15) is 4.79 Å². The minimum atomic E-state index is -0.0421. The first-order valence-corrected chi connectivity index (χ1v) is 8.41. The molecule has 5 heteroatoms. The van der Waals surface area contributed by atoms with Crippen LogP contribution in [-0.4, -0.2) is 12.5 Å². The number of hydrogen-bond acceptors (Lipinski definition) is 3. The van der Waals surface area contributed by atoms with E-state index >= 15 is 0 Å². The van der Waals surface area contributed by atoms with Gasteiger partial charge in [0.15, 0.2) is 0 Å². The lowest BCUT2D eigenvalue weighted by atomic mass is 10.0. The van der Waals surface area contributed by atoms with Gasteiger partial charge in [0.05, 0.1) is 5.69 Å². The van der Waals surface area contributed by atoms with Crippen LogP contribution in [0.25, 0.3) is 10.1 Å². The molecule has 1 aliphatic carbocycles. The molecule has 0 radical (unpaired) electrons. The standard InChI is InChI=1S/C15H17BrN2OS/c1-2-15(5-6-15)8-18-14(19)13-12(17)10-4-3-9(16)7-11(10)20-13/h3-4,7H,2,5-6,8,17H2,1H3,(H,18,19). The molecule has 20 heavy (non-hydrogen) atoms. The molecule has 3 N–H and O–H groups in total. The first kappa shape index (κ1) is 13.9. The zero-order valence-electron chi connectivity index (χ0n) is 11.3. The van der Waals surface area contributed by atoms with E-state index in [1.54, 1.807) is 0 Å². The van der Waals surface area contributed by atoms with Gasteiger partial charge >= 0.3 is 0 Å². The summed E-state index contributed by atoms with van der Waals surface area (Å²) in [5.41, 5.74) is 7.06. The summed E-state index contributed by atoms with van der Waals surface area (Å²) in [7, 11) is 0. The number of benzene rings is 1. The zero-order chi connectivity index (χ0) is 14.3. The van der Waals surface area contributed by atoms with Gasteiger partial charge in [-0.05, 0) is 36.8 Å². The second-order valence-electron chi connectivity index (χ2n) is 5.52. The molecule has 3 rings (SSSR count). The first-order valence-electron chi connectivity index (χ1n) is 6.80. The van der Waals surface area contributed by atoms with E-state index in [0.717, 1.165) is 27.5 Å². The number of nitrogens with two attached hydrogens (primary N) is 1. The van der Waals surface area contributed by atoms with Gasteiger partial charge in [-0.2, -0.15) is 0 Å². The molecule has 0 unspecified atom stereocenters.